The molecule has 2 aromatic rings. The monoisotopic (exact) mass is 392 g/mol. The van der Waals surface area contributed by atoms with Gasteiger partial charge in [-0.15, -0.1) is 0 Å². The minimum Gasteiger partial charge on any atom is -0.481 e. The second kappa shape index (κ2) is 8.17. The summed E-state index contributed by atoms with van der Waals surface area (Å²) in [5.74, 6) is -1.02. The first-order valence-corrected chi connectivity index (χ1v) is 9.64. The summed E-state index contributed by atoms with van der Waals surface area (Å²) in [5.41, 5.74) is 1.71. The Bertz CT molecular complexity index is 972. The highest BCUT2D eigenvalue weighted by Gasteiger charge is 2.27. The molecule has 0 radical (unpaired) electrons. The average Bonchev–Trinajstić information content (AvgIpc) is 2.61. The number of sulfonamides is 1. The third-order valence-corrected chi connectivity index (χ3v) is 6.02. The Morgan fingerprint density at radius 1 is 1.19 bits per heavy atom. The summed E-state index contributed by atoms with van der Waals surface area (Å²) in [6.45, 7) is 3.56. The molecular formula is C18H20N2O6S. The zero-order valence-corrected chi connectivity index (χ0v) is 15.8. The Labute approximate surface area is 157 Å². The number of carboxylic acids is 1. The zero-order valence-electron chi connectivity index (χ0n) is 15.0. The molecule has 0 spiro atoms. The number of nitro benzene ring substituents is 1. The number of aryl methyl sites for hydroxylation is 1. The van der Waals surface area contributed by atoms with Gasteiger partial charge in [0.05, 0.1) is 15.5 Å². The van der Waals surface area contributed by atoms with E-state index in [0.29, 0.717) is 5.69 Å². The van der Waals surface area contributed by atoms with Gasteiger partial charge in [-0.1, -0.05) is 18.2 Å². The minimum atomic E-state index is -4.11. The van der Waals surface area contributed by atoms with E-state index in [1.807, 2.05) is 13.0 Å². The molecular weight excluding hydrogens is 372 g/mol. The molecule has 0 heterocycles. The summed E-state index contributed by atoms with van der Waals surface area (Å²) in [7, 11) is -4.11. The molecule has 0 atom stereocenters. The molecule has 0 fully saturated rings. The number of nitrogens with zero attached hydrogens (tertiary/aromatic N) is 2. The molecule has 0 aliphatic heterocycles. The van der Waals surface area contributed by atoms with E-state index in [-0.39, 0.29) is 30.0 Å². The van der Waals surface area contributed by atoms with Crippen molar-refractivity contribution >= 4 is 27.4 Å². The number of hydrogen-bond acceptors (Lipinski definition) is 5. The van der Waals surface area contributed by atoms with Gasteiger partial charge in [0.1, 0.15) is 0 Å². The van der Waals surface area contributed by atoms with E-state index in [2.05, 4.69) is 0 Å². The molecule has 0 saturated carbocycles. The molecule has 2 rings (SSSR count). The molecule has 0 bridgehead atoms. The third kappa shape index (κ3) is 4.62. The van der Waals surface area contributed by atoms with E-state index in [1.54, 1.807) is 19.1 Å². The van der Waals surface area contributed by atoms with Crippen LogP contribution in [0.25, 0.3) is 0 Å². The number of nitro groups is 1. The fourth-order valence-corrected chi connectivity index (χ4v) is 4.24. The van der Waals surface area contributed by atoms with E-state index in [4.69, 9.17) is 5.11 Å². The highest BCUT2D eigenvalue weighted by molar-refractivity contribution is 7.92. The van der Waals surface area contributed by atoms with Crippen molar-refractivity contribution in [3.8, 4) is 0 Å². The Balaban J connectivity index is 2.54. The maximum Gasteiger partial charge on any atom is 0.303 e. The Kier molecular flexibility index (Phi) is 6.17. The fraction of sp³-hybridized carbons (Fsp3) is 0.278. The molecule has 1 N–H and O–H groups in total. The van der Waals surface area contributed by atoms with Crippen LogP contribution in [0.3, 0.4) is 0 Å². The van der Waals surface area contributed by atoms with Crippen LogP contribution in [0.5, 0.6) is 0 Å². The highest BCUT2D eigenvalue weighted by atomic mass is 32.2. The van der Waals surface area contributed by atoms with Crippen molar-refractivity contribution in [3.63, 3.8) is 0 Å². The molecule has 0 aliphatic carbocycles. The van der Waals surface area contributed by atoms with Crippen LogP contribution in [0.2, 0.25) is 0 Å². The van der Waals surface area contributed by atoms with Gasteiger partial charge >= 0.3 is 5.97 Å². The Morgan fingerprint density at radius 2 is 1.85 bits per heavy atom. The molecule has 2 aromatic carbocycles. The zero-order chi connectivity index (χ0) is 20.2. The summed E-state index contributed by atoms with van der Waals surface area (Å²) in [6, 6.07) is 10.0. The SMILES string of the molecule is Cc1cccc(N(CCCC(=O)O)S(=O)(=O)c2cccc([N+](=O)[O-])c2)c1C. The molecule has 0 aliphatic rings. The molecule has 0 unspecified atom stereocenters. The molecule has 27 heavy (non-hydrogen) atoms. The Morgan fingerprint density at radius 3 is 2.48 bits per heavy atom. The number of hydrogen-bond donors (Lipinski definition) is 1. The van der Waals surface area contributed by atoms with Crippen LogP contribution < -0.4 is 4.31 Å². The number of rotatable bonds is 8. The number of aliphatic carboxylic acids is 1. The van der Waals surface area contributed by atoms with Crippen LogP contribution in [0.15, 0.2) is 47.4 Å². The van der Waals surface area contributed by atoms with Crippen LogP contribution in [0, 0.1) is 24.0 Å². The van der Waals surface area contributed by atoms with Crippen LogP contribution >= 0.6 is 0 Å². The van der Waals surface area contributed by atoms with Crippen LogP contribution in [-0.4, -0.2) is 31.0 Å². The highest BCUT2D eigenvalue weighted by Crippen LogP contribution is 2.30. The van der Waals surface area contributed by atoms with E-state index in [9.17, 15) is 23.3 Å². The molecule has 9 heteroatoms. The standard InChI is InChI=1S/C18H20N2O6S/c1-13-6-3-9-17(14(13)2)19(11-5-10-18(21)22)27(25,26)16-8-4-7-15(12-16)20(23)24/h3-4,6-9,12H,5,10-11H2,1-2H3,(H,21,22). The van der Waals surface area contributed by atoms with Crippen molar-refractivity contribution in [3.05, 3.63) is 63.7 Å². The van der Waals surface area contributed by atoms with Crippen molar-refractivity contribution in [2.45, 2.75) is 31.6 Å². The minimum absolute atomic E-state index is 0.0539. The second-order valence-corrected chi connectivity index (χ2v) is 7.91. The molecule has 8 nitrogen and oxygen atoms in total. The predicted octanol–water partition coefficient (Wildman–Crippen LogP) is 3.27. The summed E-state index contributed by atoms with van der Waals surface area (Å²) in [5, 5.41) is 19.9. The van der Waals surface area contributed by atoms with Crippen LogP contribution in [0.4, 0.5) is 11.4 Å². The van der Waals surface area contributed by atoms with Gasteiger partial charge in [-0.2, -0.15) is 0 Å². The fourth-order valence-electron chi connectivity index (χ4n) is 2.63. The lowest BCUT2D eigenvalue weighted by atomic mass is 10.1. The second-order valence-electron chi connectivity index (χ2n) is 6.05. The van der Waals surface area contributed by atoms with Crippen molar-refractivity contribution in [2.24, 2.45) is 0 Å². The van der Waals surface area contributed by atoms with Crippen molar-refractivity contribution in [1.29, 1.82) is 0 Å². The summed E-state index contributed by atoms with van der Waals surface area (Å²) < 4.78 is 27.5. The topological polar surface area (TPSA) is 118 Å². The van der Waals surface area contributed by atoms with Crippen LogP contribution in [-0.2, 0) is 14.8 Å². The lowest BCUT2D eigenvalue weighted by Gasteiger charge is -2.26. The number of carbonyl (C=O) groups is 1. The van der Waals surface area contributed by atoms with Gasteiger partial charge < -0.3 is 5.11 Å². The van der Waals surface area contributed by atoms with E-state index in [0.717, 1.165) is 21.5 Å². The first kappa shape index (κ1) is 20.4. The van der Waals surface area contributed by atoms with E-state index < -0.39 is 20.9 Å². The summed E-state index contributed by atoms with van der Waals surface area (Å²) in [6.07, 6.45) is -0.0807. The van der Waals surface area contributed by atoms with Gasteiger partial charge in [-0.3, -0.25) is 19.2 Å². The predicted molar refractivity (Wildman–Crippen MR) is 100 cm³/mol. The van der Waals surface area contributed by atoms with Gasteiger partial charge in [0, 0.05) is 25.1 Å². The molecule has 0 aromatic heterocycles. The first-order valence-electron chi connectivity index (χ1n) is 8.20. The van der Waals surface area contributed by atoms with Gasteiger partial charge in [0.15, 0.2) is 0 Å². The lowest BCUT2D eigenvalue weighted by Crippen LogP contribution is -2.33. The quantitative estimate of drug-likeness (QED) is 0.544. The lowest BCUT2D eigenvalue weighted by molar-refractivity contribution is -0.385. The van der Waals surface area contributed by atoms with Crippen molar-refractivity contribution in [2.75, 3.05) is 10.8 Å². The van der Waals surface area contributed by atoms with Crippen LogP contribution in [0.1, 0.15) is 24.0 Å². The van der Waals surface area contributed by atoms with Crippen molar-refractivity contribution < 1.29 is 23.2 Å². The molecule has 0 amide bonds. The largest absolute Gasteiger partial charge is 0.481 e. The van der Waals surface area contributed by atoms with Gasteiger partial charge in [-0.25, -0.2) is 8.42 Å². The Hall–Kier alpha value is -2.94. The van der Waals surface area contributed by atoms with Gasteiger partial charge in [-0.05, 0) is 43.5 Å². The maximum atomic E-state index is 13.2. The summed E-state index contributed by atoms with van der Waals surface area (Å²) in [4.78, 5) is 21.0. The number of non-ortho nitro benzene ring substituents is 1. The normalized spacial score (nSPS) is 11.2. The van der Waals surface area contributed by atoms with E-state index >= 15 is 0 Å². The number of anilines is 1. The van der Waals surface area contributed by atoms with Gasteiger partial charge in [0.25, 0.3) is 15.7 Å². The molecule has 144 valence electrons. The van der Waals surface area contributed by atoms with E-state index in [1.165, 1.54) is 18.2 Å². The number of benzene rings is 2. The summed E-state index contributed by atoms with van der Waals surface area (Å²) >= 11 is 0. The third-order valence-electron chi connectivity index (χ3n) is 4.21. The van der Waals surface area contributed by atoms with Crippen molar-refractivity contribution in [1.82, 2.24) is 0 Å². The van der Waals surface area contributed by atoms with Gasteiger partial charge in [0.2, 0.25) is 0 Å². The molecule has 0 saturated heterocycles. The first-order chi connectivity index (χ1) is 12.6. The smallest absolute Gasteiger partial charge is 0.303 e. The maximum absolute atomic E-state index is 13.2. The average molecular weight is 392 g/mol. The number of carboxylic acid groups (broad SMARTS) is 1.